The van der Waals surface area contributed by atoms with Crippen molar-refractivity contribution in [2.45, 2.75) is 52.0 Å². The molecule has 4 nitrogen and oxygen atoms in total. The lowest BCUT2D eigenvalue weighted by Crippen LogP contribution is -2.50. The summed E-state index contributed by atoms with van der Waals surface area (Å²) in [6, 6.07) is 0. The number of nitrogens with zero attached hydrogens (tertiary/aromatic N) is 2. The number of nitrogens with two attached hydrogens (primary N) is 1. The standard InChI is InChI=1S/C10H19N3O/c1-6-7-12-8(14-13-7)9(2,3)10(4,5)11/h6,11H2,1-5H3. The summed E-state index contributed by atoms with van der Waals surface area (Å²) >= 11 is 0. The Hall–Kier alpha value is -0.900. The summed E-state index contributed by atoms with van der Waals surface area (Å²) in [5.41, 5.74) is 5.37. The van der Waals surface area contributed by atoms with Gasteiger partial charge in [-0.1, -0.05) is 12.1 Å². The molecule has 0 aliphatic rings. The SMILES string of the molecule is CCc1noc(C(C)(C)C(C)(C)N)n1. The monoisotopic (exact) mass is 197 g/mol. The third kappa shape index (κ3) is 1.80. The zero-order chi connectivity index (χ0) is 11.0. The van der Waals surface area contributed by atoms with Crippen molar-refractivity contribution >= 4 is 0 Å². The Morgan fingerprint density at radius 1 is 1.29 bits per heavy atom. The maximum Gasteiger partial charge on any atom is 0.234 e. The van der Waals surface area contributed by atoms with E-state index >= 15 is 0 Å². The fraction of sp³-hybridized carbons (Fsp3) is 0.800. The van der Waals surface area contributed by atoms with Gasteiger partial charge in [-0.05, 0) is 27.7 Å². The first-order valence-electron chi connectivity index (χ1n) is 4.91. The highest BCUT2D eigenvalue weighted by molar-refractivity contribution is 5.10. The van der Waals surface area contributed by atoms with E-state index in [1.807, 2.05) is 34.6 Å². The lowest BCUT2D eigenvalue weighted by molar-refractivity contribution is 0.222. The highest BCUT2D eigenvalue weighted by Crippen LogP contribution is 2.31. The molecule has 2 N–H and O–H groups in total. The Morgan fingerprint density at radius 3 is 2.21 bits per heavy atom. The molecule has 0 unspecified atom stereocenters. The summed E-state index contributed by atoms with van der Waals surface area (Å²) < 4.78 is 5.21. The van der Waals surface area contributed by atoms with E-state index in [0.717, 1.165) is 12.2 Å². The maximum absolute atomic E-state index is 6.07. The molecule has 0 spiro atoms. The van der Waals surface area contributed by atoms with Crippen LogP contribution in [0.5, 0.6) is 0 Å². The van der Waals surface area contributed by atoms with Crippen molar-refractivity contribution in [2.75, 3.05) is 0 Å². The molecule has 80 valence electrons. The average molecular weight is 197 g/mol. The van der Waals surface area contributed by atoms with Crippen molar-refractivity contribution in [2.24, 2.45) is 5.73 Å². The van der Waals surface area contributed by atoms with Crippen LogP contribution >= 0.6 is 0 Å². The van der Waals surface area contributed by atoms with Crippen LogP contribution in [0.3, 0.4) is 0 Å². The minimum atomic E-state index is -0.384. The summed E-state index contributed by atoms with van der Waals surface area (Å²) in [4.78, 5) is 4.31. The van der Waals surface area contributed by atoms with Gasteiger partial charge in [0.2, 0.25) is 5.89 Å². The van der Waals surface area contributed by atoms with Crippen LogP contribution in [-0.2, 0) is 11.8 Å². The topological polar surface area (TPSA) is 64.9 Å². The van der Waals surface area contributed by atoms with Gasteiger partial charge in [0.25, 0.3) is 0 Å². The normalized spacial score (nSPS) is 13.3. The predicted molar refractivity (Wildman–Crippen MR) is 55.0 cm³/mol. The van der Waals surface area contributed by atoms with Crippen LogP contribution in [0.4, 0.5) is 0 Å². The molecule has 1 aromatic heterocycles. The molecule has 0 aliphatic heterocycles. The molecular formula is C10H19N3O. The lowest BCUT2D eigenvalue weighted by Gasteiger charge is -2.34. The van der Waals surface area contributed by atoms with Gasteiger partial charge in [0.1, 0.15) is 0 Å². The predicted octanol–water partition coefficient (Wildman–Crippen LogP) is 1.65. The third-order valence-electron chi connectivity index (χ3n) is 2.93. The largest absolute Gasteiger partial charge is 0.339 e. The molecule has 1 aromatic rings. The first-order chi connectivity index (χ1) is 6.29. The molecule has 1 heterocycles. The Labute approximate surface area is 84.9 Å². The third-order valence-corrected chi connectivity index (χ3v) is 2.93. The van der Waals surface area contributed by atoms with Crippen LogP contribution in [0.1, 0.15) is 46.3 Å². The van der Waals surface area contributed by atoms with E-state index in [-0.39, 0.29) is 11.0 Å². The van der Waals surface area contributed by atoms with E-state index in [2.05, 4.69) is 10.1 Å². The number of hydrogen-bond donors (Lipinski definition) is 1. The van der Waals surface area contributed by atoms with Gasteiger partial charge in [0, 0.05) is 12.0 Å². The molecule has 0 bridgehead atoms. The molecule has 4 heteroatoms. The highest BCUT2D eigenvalue weighted by atomic mass is 16.5. The summed E-state index contributed by atoms with van der Waals surface area (Å²) in [7, 11) is 0. The molecule has 0 saturated carbocycles. The molecule has 0 amide bonds. The van der Waals surface area contributed by atoms with Crippen molar-refractivity contribution < 1.29 is 4.52 Å². The Kier molecular flexibility index (Phi) is 2.67. The number of aromatic nitrogens is 2. The second kappa shape index (κ2) is 3.35. The summed E-state index contributed by atoms with van der Waals surface area (Å²) in [6.45, 7) is 9.95. The van der Waals surface area contributed by atoms with Crippen molar-refractivity contribution in [3.63, 3.8) is 0 Å². The minimum Gasteiger partial charge on any atom is -0.339 e. The zero-order valence-corrected chi connectivity index (χ0v) is 9.59. The summed E-state index contributed by atoms with van der Waals surface area (Å²) in [5, 5.41) is 3.87. The van der Waals surface area contributed by atoms with Gasteiger partial charge < -0.3 is 10.3 Å². The van der Waals surface area contributed by atoms with Crippen molar-refractivity contribution in [3.8, 4) is 0 Å². The molecule has 1 rings (SSSR count). The second-order valence-electron chi connectivity index (χ2n) is 4.72. The smallest absolute Gasteiger partial charge is 0.234 e. The number of hydrogen-bond acceptors (Lipinski definition) is 4. The Bertz CT molecular complexity index is 309. The minimum absolute atomic E-state index is 0.312. The van der Waals surface area contributed by atoms with E-state index in [1.54, 1.807) is 0 Å². The van der Waals surface area contributed by atoms with Gasteiger partial charge >= 0.3 is 0 Å². The van der Waals surface area contributed by atoms with Crippen LogP contribution in [0.15, 0.2) is 4.52 Å². The highest BCUT2D eigenvalue weighted by Gasteiger charge is 2.40. The van der Waals surface area contributed by atoms with Crippen LogP contribution in [0.25, 0.3) is 0 Å². The van der Waals surface area contributed by atoms with E-state index in [9.17, 15) is 0 Å². The number of rotatable bonds is 3. The molecule has 0 saturated heterocycles. The van der Waals surface area contributed by atoms with Gasteiger partial charge in [0.05, 0.1) is 5.41 Å². The second-order valence-corrected chi connectivity index (χ2v) is 4.72. The fourth-order valence-corrected chi connectivity index (χ4v) is 0.927. The van der Waals surface area contributed by atoms with Gasteiger partial charge in [0.15, 0.2) is 5.82 Å². The average Bonchev–Trinajstić information content (AvgIpc) is 2.49. The molecule has 0 aromatic carbocycles. The van der Waals surface area contributed by atoms with Crippen LogP contribution in [0.2, 0.25) is 0 Å². The lowest BCUT2D eigenvalue weighted by atomic mass is 9.75. The first kappa shape index (κ1) is 11.2. The fourth-order valence-electron chi connectivity index (χ4n) is 0.927. The van der Waals surface area contributed by atoms with E-state index in [0.29, 0.717) is 5.89 Å². The summed E-state index contributed by atoms with van der Waals surface area (Å²) in [6.07, 6.45) is 0.782. The van der Waals surface area contributed by atoms with Gasteiger partial charge in [-0.25, -0.2) is 0 Å². The van der Waals surface area contributed by atoms with Gasteiger partial charge in [-0.3, -0.25) is 0 Å². The zero-order valence-electron chi connectivity index (χ0n) is 9.59. The van der Waals surface area contributed by atoms with Gasteiger partial charge in [-0.2, -0.15) is 4.98 Å². The first-order valence-corrected chi connectivity index (χ1v) is 4.91. The Morgan fingerprint density at radius 2 is 1.86 bits per heavy atom. The van der Waals surface area contributed by atoms with Crippen LogP contribution < -0.4 is 5.73 Å². The van der Waals surface area contributed by atoms with Crippen molar-refractivity contribution in [1.29, 1.82) is 0 Å². The van der Waals surface area contributed by atoms with Crippen molar-refractivity contribution in [3.05, 3.63) is 11.7 Å². The van der Waals surface area contributed by atoms with Crippen LogP contribution in [-0.4, -0.2) is 15.7 Å². The molecule has 0 fully saturated rings. The molecule has 0 aliphatic carbocycles. The molecule has 0 atom stereocenters. The Balaban J connectivity index is 3.04. The maximum atomic E-state index is 6.07. The molecular weight excluding hydrogens is 178 g/mol. The van der Waals surface area contributed by atoms with Gasteiger partial charge in [-0.15, -0.1) is 0 Å². The van der Waals surface area contributed by atoms with E-state index < -0.39 is 0 Å². The number of aryl methyl sites for hydroxylation is 1. The quantitative estimate of drug-likeness (QED) is 0.800. The summed E-state index contributed by atoms with van der Waals surface area (Å²) in [5.74, 6) is 1.35. The van der Waals surface area contributed by atoms with E-state index in [4.69, 9.17) is 10.3 Å². The van der Waals surface area contributed by atoms with E-state index in [1.165, 1.54) is 0 Å². The molecule has 14 heavy (non-hydrogen) atoms. The van der Waals surface area contributed by atoms with Crippen molar-refractivity contribution in [1.82, 2.24) is 10.1 Å². The molecule has 0 radical (unpaired) electrons. The van der Waals surface area contributed by atoms with Crippen LogP contribution in [0, 0.1) is 0 Å².